The Morgan fingerprint density at radius 3 is 2.50 bits per heavy atom. The van der Waals surface area contributed by atoms with Crippen molar-refractivity contribution in [2.45, 2.75) is 25.7 Å². The summed E-state index contributed by atoms with van der Waals surface area (Å²) in [5, 5.41) is 3.21. The predicted molar refractivity (Wildman–Crippen MR) is 92.7 cm³/mol. The van der Waals surface area contributed by atoms with Gasteiger partial charge in [0.2, 0.25) is 11.7 Å². The van der Waals surface area contributed by atoms with Gasteiger partial charge in [0, 0.05) is 11.6 Å². The van der Waals surface area contributed by atoms with Crippen LogP contribution < -0.4 is 5.32 Å². The molecule has 1 N–H and O–H groups in total. The highest BCUT2D eigenvalue weighted by Gasteiger charge is 2.39. The number of nitrogens with one attached hydrogen (secondary N) is 1. The largest absolute Gasteiger partial charge is 0.449 e. The second-order valence-electron chi connectivity index (χ2n) is 5.81. The summed E-state index contributed by atoms with van der Waals surface area (Å²) < 4.78 is 41.0. The van der Waals surface area contributed by atoms with Crippen molar-refractivity contribution in [2.24, 2.45) is 0 Å². The topological polar surface area (TPSA) is 46.9 Å². The van der Waals surface area contributed by atoms with Gasteiger partial charge in [-0.25, -0.2) is 4.98 Å². The van der Waals surface area contributed by atoms with Gasteiger partial charge < -0.3 is 9.88 Å². The number of alkyl halides is 3. The molecule has 0 saturated carbocycles. The van der Waals surface area contributed by atoms with Crippen molar-refractivity contribution in [1.82, 2.24) is 14.9 Å². The number of hydrogen-bond acceptors (Lipinski definition) is 2. The summed E-state index contributed by atoms with van der Waals surface area (Å²) in [6, 6.07) is 12.0. The van der Waals surface area contributed by atoms with Gasteiger partial charge in [0.1, 0.15) is 6.04 Å². The molecular weight excluding hydrogens is 367 g/mol. The Balaban J connectivity index is 1.87. The molecule has 1 atom stereocenters. The van der Waals surface area contributed by atoms with Crippen LogP contribution in [-0.4, -0.2) is 15.5 Å². The van der Waals surface area contributed by atoms with Crippen LogP contribution in [0.1, 0.15) is 24.4 Å². The van der Waals surface area contributed by atoms with E-state index < -0.39 is 23.9 Å². The quantitative estimate of drug-likeness (QED) is 0.718. The van der Waals surface area contributed by atoms with E-state index in [0.29, 0.717) is 5.02 Å². The molecule has 0 aliphatic rings. The maximum atomic E-state index is 13.4. The van der Waals surface area contributed by atoms with Gasteiger partial charge in [-0.3, -0.25) is 4.79 Å². The Morgan fingerprint density at radius 2 is 1.85 bits per heavy atom. The molecule has 3 rings (SSSR count). The molecule has 0 aliphatic carbocycles. The van der Waals surface area contributed by atoms with Crippen molar-refractivity contribution < 1.29 is 18.0 Å². The number of aromatic nitrogens is 2. The number of hydrogen-bond donors (Lipinski definition) is 1. The standard InChI is InChI=1S/C18H15ClF3N3O/c1-11(16(26)23-10-12-6-8-13(19)9-7-12)25-15-5-3-2-4-14(15)24-17(25)18(20,21)22/h2-9,11H,10H2,1H3,(H,23,26)/t11-/m0/s1. The number of carbonyl (C=O) groups is 1. The van der Waals surface area contributed by atoms with Crippen LogP contribution >= 0.6 is 11.6 Å². The first-order chi connectivity index (χ1) is 12.3. The maximum absolute atomic E-state index is 13.4. The van der Waals surface area contributed by atoms with Gasteiger partial charge in [-0.1, -0.05) is 35.9 Å². The van der Waals surface area contributed by atoms with Crippen LogP contribution in [-0.2, 0) is 17.5 Å². The van der Waals surface area contributed by atoms with Crippen molar-refractivity contribution in [3.63, 3.8) is 0 Å². The van der Waals surface area contributed by atoms with Gasteiger partial charge in [-0.2, -0.15) is 13.2 Å². The van der Waals surface area contributed by atoms with E-state index >= 15 is 0 Å². The first-order valence-electron chi connectivity index (χ1n) is 7.83. The molecule has 0 spiro atoms. The van der Waals surface area contributed by atoms with E-state index in [9.17, 15) is 18.0 Å². The summed E-state index contributed by atoms with van der Waals surface area (Å²) in [6.07, 6.45) is -4.66. The van der Waals surface area contributed by atoms with Crippen LogP contribution in [0.3, 0.4) is 0 Å². The summed E-state index contributed by atoms with van der Waals surface area (Å²) in [5.74, 6) is -1.62. The lowest BCUT2D eigenvalue weighted by Crippen LogP contribution is -2.32. The molecule has 0 saturated heterocycles. The van der Waals surface area contributed by atoms with Crippen molar-refractivity contribution in [2.75, 3.05) is 0 Å². The maximum Gasteiger partial charge on any atom is 0.449 e. The van der Waals surface area contributed by atoms with E-state index in [1.54, 1.807) is 36.4 Å². The van der Waals surface area contributed by atoms with Gasteiger partial charge in [-0.15, -0.1) is 0 Å². The first kappa shape index (κ1) is 18.3. The third-order valence-corrected chi connectivity index (χ3v) is 4.25. The van der Waals surface area contributed by atoms with Gasteiger partial charge >= 0.3 is 6.18 Å². The fourth-order valence-corrected chi connectivity index (χ4v) is 2.82. The van der Waals surface area contributed by atoms with Gasteiger partial charge in [-0.05, 0) is 36.8 Å². The minimum absolute atomic E-state index is 0.189. The average molecular weight is 382 g/mol. The first-order valence-corrected chi connectivity index (χ1v) is 8.21. The average Bonchev–Trinajstić information content (AvgIpc) is 3.00. The number of amides is 1. The zero-order valence-electron chi connectivity index (χ0n) is 13.7. The summed E-state index contributed by atoms with van der Waals surface area (Å²) in [5.41, 5.74) is 1.24. The minimum Gasteiger partial charge on any atom is -0.350 e. The number of rotatable bonds is 4. The number of para-hydroxylation sites is 2. The highest BCUT2D eigenvalue weighted by Crippen LogP contribution is 2.33. The van der Waals surface area contributed by atoms with E-state index in [1.807, 2.05) is 0 Å². The Labute approximate surface area is 152 Å². The molecule has 1 aromatic heterocycles. The van der Waals surface area contributed by atoms with Crippen molar-refractivity contribution in [1.29, 1.82) is 0 Å². The lowest BCUT2D eigenvalue weighted by atomic mass is 10.2. The Morgan fingerprint density at radius 1 is 1.19 bits per heavy atom. The molecule has 0 fully saturated rings. The Kier molecular flexibility index (Phi) is 4.91. The van der Waals surface area contributed by atoms with Crippen LogP contribution in [0.25, 0.3) is 11.0 Å². The second kappa shape index (κ2) is 6.99. The third kappa shape index (κ3) is 3.67. The molecule has 136 valence electrons. The molecule has 26 heavy (non-hydrogen) atoms. The SMILES string of the molecule is C[C@@H](C(=O)NCc1ccc(Cl)cc1)n1c(C(F)(F)F)nc2ccccc21. The number of nitrogens with zero attached hydrogens (tertiary/aromatic N) is 2. The highest BCUT2D eigenvalue weighted by atomic mass is 35.5. The molecule has 0 radical (unpaired) electrons. The number of benzene rings is 2. The van der Waals surface area contributed by atoms with E-state index in [-0.39, 0.29) is 17.6 Å². The molecule has 2 aromatic carbocycles. The smallest absolute Gasteiger partial charge is 0.350 e. The minimum atomic E-state index is -4.66. The molecule has 1 heterocycles. The summed E-state index contributed by atoms with van der Waals surface area (Å²) in [6.45, 7) is 1.61. The van der Waals surface area contributed by atoms with Crippen molar-refractivity contribution >= 4 is 28.5 Å². The number of carbonyl (C=O) groups excluding carboxylic acids is 1. The third-order valence-electron chi connectivity index (χ3n) is 4.00. The summed E-state index contributed by atoms with van der Waals surface area (Å²) in [7, 11) is 0. The van der Waals surface area contributed by atoms with Crippen LogP contribution in [0.5, 0.6) is 0 Å². The fraction of sp³-hybridized carbons (Fsp3) is 0.222. The molecule has 0 unspecified atom stereocenters. The molecule has 3 aromatic rings. The van der Waals surface area contributed by atoms with E-state index in [4.69, 9.17) is 11.6 Å². The normalized spacial score (nSPS) is 13.0. The molecule has 8 heteroatoms. The summed E-state index contributed by atoms with van der Waals surface area (Å²) >= 11 is 5.80. The van der Waals surface area contributed by atoms with E-state index in [0.717, 1.165) is 10.1 Å². The number of imidazole rings is 1. The predicted octanol–water partition coefficient (Wildman–Crippen LogP) is 4.59. The summed E-state index contributed by atoms with van der Waals surface area (Å²) in [4.78, 5) is 16.1. The second-order valence-corrected chi connectivity index (χ2v) is 6.25. The number of halogens is 4. The zero-order valence-corrected chi connectivity index (χ0v) is 14.5. The number of fused-ring (bicyclic) bond motifs is 1. The monoisotopic (exact) mass is 381 g/mol. The molecule has 0 bridgehead atoms. The molecule has 0 aliphatic heterocycles. The van der Waals surface area contributed by atoms with E-state index in [2.05, 4.69) is 10.3 Å². The molecule has 4 nitrogen and oxygen atoms in total. The Bertz CT molecular complexity index is 935. The van der Waals surface area contributed by atoms with Gasteiger partial charge in [0.15, 0.2) is 0 Å². The highest BCUT2D eigenvalue weighted by molar-refractivity contribution is 6.30. The zero-order chi connectivity index (χ0) is 18.9. The van der Waals surface area contributed by atoms with Crippen LogP contribution in [0, 0.1) is 0 Å². The fourth-order valence-electron chi connectivity index (χ4n) is 2.69. The Hall–Kier alpha value is -2.54. The van der Waals surface area contributed by atoms with Gasteiger partial charge in [0.25, 0.3) is 0 Å². The van der Waals surface area contributed by atoms with E-state index in [1.165, 1.54) is 19.1 Å². The molecule has 1 amide bonds. The lowest BCUT2D eigenvalue weighted by Gasteiger charge is -2.18. The lowest BCUT2D eigenvalue weighted by molar-refractivity contribution is -0.148. The van der Waals surface area contributed by atoms with Gasteiger partial charge in [0.05, 0.1) is 11.0 Å². The van der Waals surface area contributed by atoms with Crippen molar-refractivity contribution in [3.05, 3.63) is 64.9 Å². The van der Waals surface area contributed by atoms with Crippen LogP contribution in [0.4, 0.5) is 13.2 Å². The molecular formula is C18H15ClF3N3O. The van der Waals surface area contributed by atoms with Crippen molar-refractivity contribution in [3.8, 4) is 0 Å². The van der Waals surface area contributed by atoms with Crippen LogP contribution in [0.2, 0.25) is 5.02 Å². The van der Waals surface area contributed by atoms with Crippen LogP contribution in [0.15, 0.2) is 48.5 Å².